The van der Waals surface area contributed by atoms with Gasteiger partial charge in [0.05, 0.1) is 54.4 Å². The average Bonchev–Trinajstić information content (AvgIpc) is 0.884. The smallest absolute Gasteiger partial charge is 0.0776 e. The summed E-state index contributed by atoms with van der Waals surface area (Å²) in [6.07, 6.45) is 13.0. The molecule has 0 atom stereocenters. The molecule has 4 nitrogen and oxygen atoms in total. The molecule has 0 amide bonds. The highest BCUT2D eigenvalue weighted by Gasteiger charge is 2.32. The van der Waals surface area contributed by atoms with Gasteiger partial charge in [-0.25, -0.2) is 0 Å². The summed E-state index contributed by atoms with van der Waals surface area (Å²) in [4.78, 5) is 5.29. The van der Waals surface area contributed by atoms with Gasteiger partial charge in [0, 0.05) is 67.0 Å². The first-order valence-electron chi connectivity index (χ1n) is 43.6. The fourth-order valence-corrected chi connectivity index (χ4v) is 24.7. The number of fused-ring (bicyclic) bond motifs is 8. The molecule has 586 valence electrons. The number of aromatic nitrogens is 2. The third-order valence-electron chi connectivity index (χ3n) is 26.2. The summed E-state index contributed by atoms with van der Waals surface area (Å²) in [7, 11) is -7.72. The Morgan fingerprint density at radius 3 is 0.907 bits per heavy atom. The van der Waals surface area contributed by atoms with Crippen LogP contribution in [0.15, 0.2) is 315 Å². The molecule has 2 heterocycles. The Bertz CT molecular complexity index is 6240. The van der Waals surface area contributed by atoms with Crippen LogP contribution in [-0.2, 0) is 0 Å². The minimum atomic E-state index is -1.93. The maximum absolute atomic E-state index is 2.64. The lowest BCUT2D eigenvalue weighted by atomic mass is 9.82. The van der Waals surface area contributed by atoms with Crippen molar-refractivity contribution in [2.45, 2.75) is 155 Å². The van der Waals surface area contributed by atoms with Gasteiger partial charge >= 0.3 is 0 Å². The van der Waals surface area contributed by atoms with E-state index in [2.05, 4.69) is 413 Å². The first-order chi connectivity index (χ1) is 57.1. The molecular weight excluding hydrogens is 1490 g/mol. The largest absolute Gasteiger partial charge is 0.310 e. The van der Waals surface area contributed by atoms with E-state index in [9.17, 15) is 0 Å². The highest BCUT2D eigenvalue weighted by atomic mass is 28.3. The van der Waals surface area contributed by atoms with Crippen LogP contribution in [0.5, 0.6) is 0 Å². The third-order valence-corrected chi connectivity index (χ3v) is 34.3. The lowest BCUT2D eigenvalue weighted by molar-refractivity contribution is 0.443. The fraction of sp³-hybridized carbons (Fsp3) is 0.218. The summed E-state index contributed by atoms with van der Waals surface area (Å²) in [5, 5.41) is 15.7. The molecular formula is C110H110N4Si4. The van der Waals surface area contributed by atoms with Crippen LogP contribution in [0.4, 0.5) is 34.1 Å². The summed E-state index contributed by atoms with van der Waals surface area (Å²) in [6, 6.07) is 124. The fourth-order valence-electron chi connectivity index (χ4n) is 19.8. The molecule has 0 N–H and O–H groups in total. The molecule has 2 aliphatic rings. The molecule has 0 radical (unpaired) electrons. The normalized spacial score (nSPS) is 14.2. The molecule has 2 aliphatic carbocycles. The van der Waals surface area contributed by atoms with Crippen LogP contribution >= 0.6 is 0 Å². The average molecular weight is 1600 g/mol. The predicted molar refractivity (Wildman–Crippen MR) is 525 cm³/mol. The number of hydrogen-bond donors (Lipinski definition) is 0. The second-order valence-corrected chi connectivity index (χ2v) is 58.5. The molecule has 0 spiro atoms. The SMILES string of the molecule is C[Si](C)(C)c1cc(N(c2ccc3c(-c4ccccc4-c4ccccc4)c4cc(N(c5cc([Si](C)(C)C)cc([Si](C)(C)C)c5)c5ccc6c(c5)c5ccccc5n6-c5cccc(C6CCCCC6)c5)ccc4c(-c4ccccc4-c4ccccc4)c3c2)c2ccc3c(c2)c2ccccc2n3-c2cccc(C3CCCCC3)c2)cc([Si](C)(C)C)c1. The molecule has 2 aromatic heterocycles. The van der Waals surface area contributed by atoms with Crippen LogP contribution in [0.3, 0.4) is 0 Å². The van der Waals surface area contributed by atoms with Crippen LogP contribution < -0.4 is 30.5 Å². The van der Waals surface area contributed by atoms with E-state index in [1.165, 1.54) is 228 Å². The van der Waals surface area contributed by atoms with Gasteiger partial charge in [0.1, 0.15) is 0 Å². The minimum absolute atomic E-state index is 0.596. The summed E-state index contributed by atoms with van der Waals surface area (Å²) < 4.78 is 5.09. The number of nitrogens with zero attached hydrogens (tertiary/aromatic N) is 4. The van der Waals surface area contributed by atoms with E-state index < -0.39 is 32.3 Å². The molecule has 17 aromatic rings. The monoisotopic (exact) mass is 1600 g/mol. The van der Waals surface area contributed by atoms with Crippen molar-refractivity contribution in [3.05, 3.63) is 327 Å². The molecule has 2 saturated carbocycles. The summed E-state index contributed by atoms with van der Waals surface area (Å²) >= 11 is 0. The van der Waals surface area contributed by atoms with E-state index in [0.717, 1.165) is 22.7 Å². The Hall–Kier alpha value is -11.1. The Morgan fingerprint density at radius 1 is 0.229 bits per heavy atom. The maximum Gasteiger partial charge on any atom is 0.0776 e. The predicted octanol–water partition coefficient (Wildman–Crippen LogP) is 30.1. The number of rotatable bonds is 18. The van der Waals surface area contributed by atoms with Crippen molar-refractivity contribution < 1.29 is 0 Å². The topological polar surface area (TPSA) is 16.3 Å². The molecule has 0 aliphatic heterocycles. The van der Waals surface area contributed by atoms with E-state index in [0.29, 0.717) is 11.8 Å². The molecule has 0 unspecified atom stereocenters. The van der Waals surface area contributed by atoms with Crippen LogP contribution in [0, 0.1) is 0 Å². The van der Waals surface area contributed by atoms with Gasteiger partial charge in [-0.1, -0.05) is 332 Å². The number of para-hydroxylation sites is 2. The van der Waals surface area contributed by atoms with Crippen molar-refractivity contribution in [1.82, 2.24) is 9.13 Å². The second-order valence-electron chi connectivity index (χ2n) is 38.2. The first kappa shape index (κ1) is 76.8. The van der Waals surface area contributed by atoms with Crippen LogP contribution in [-0.4, -0.2) is 41.4 Å². The van der Waals surface area contributed by atoms with Gasteiger partial charge in [-0.15, -0.1) is 0 Å². The van der Waals surface area contributed by atoms with E-state index in [-0.39, 0.29) is 0 Å². The van der Waals surface area contributed by atoms with Gasteiger partial charge in [0.15, 0.2) is 0 Å². The van der Waals surface area contributed by atoms with E-state index in [1.807, 2.05) is 0 Å². The standard InChI is InChI=1S/C110H110N4Si4/c1-115(2,3)89-65-87(66-90(73-89)116(4,5)6)111(85-57-61-107-101(69-85)95-49-29-31-53-105(95)113(107)81-45-33-43-79(63-81)75-35-17-13-18-36-75)83-55-59-99-103(71-83)109(97-51-27-25-47-93(97)77-39-21-15-22-40-77)100-60-56-84(72-104(100)110(99)98-52-28-26-48-94(98)78-41-23-16-24-42-78)112(88-67-91(117(7,8)9)74-92(68-88)118(10,11)12)86-58-62-108-102(70-86)96-50-30-32-54-106(96)114(108)82-46-34-44-80(64-82)76-37-19-14-20-38-76/h15-16,21-34,39-76H,13-14,17-20,35-38H2,1-12H3. The van der Waals surface area contributed by atoms with Gasteiger partial charge in [-0.3, -0.25) is 0 Å². The number of benzene rings is 15. The second kappa shape index (κ2) is 30.7. The van der Waals surface area contributed by atoms with Crippen molar-refractivity contribution in [2.75, 3.05) is 9.80 Å². The Labute approximate surface area is 703 Å². The van der Waals surface area contributed by atoms with Gasteiger partial charge < -0.3 is 18.9 Å². The van der Waals surface area contributed by atoms with Crippen LogP contribution in [0.2, 0.25) is 78.6 Å². The van der Waals surface area contributed by atoms with Crippen molar-refractivity contribution in [3.8, 4) is 55.9 Å². The Morgan fingerprint density at radius 2 is 0.542 bits per heavy atom. The van der Waals surface area contributed by atoms with Crippen molar-refractivity contribution in [3.63, 3.8) is 0 Å². The van der Waals surface area contributed by atoms with E-state index >= 15 is 0 Å². The Kier molecular flexibility index (Phi) is 20.0. The summed E-state index contributed by atoms with van der Waals surface area (Å²) in [5.74, 6) is 1.19. The first-order valence-corrected chi connectivity index (χ1v) is 57.6. The third kappa shape index (κ3) is 14.3. The zero-order valence-electron chi connectivity index (χ0n) is 71.0. The maximum atomic E-state index is 2.64. The molecule has 15 aromatic carbocycles. The Balaban J connectivity index is 0.907. The lowest BCUT2D eigenvalue weighted by Gasteiger charge is -2.32. The van der Waals surface area contributed by atoms with Crippen molar-refractivity contribution >= 4 is 152 Å². The van der Waals surface area contributed by atoms with E-state index in [4.69, 9.17) is 0 Å². The van der Waals surface area contributed by atoms with Gasteiger partial charge in [-0.05, 0) is 236 Å². The highest BCUT2D eigenvalue weighted by molar-refractivity contribution is 6.92. The van der Waals surface area contributed by atoms with Crippen molar-refractivity contribution in [2.24, 2.45) is 0 Å². The minimum Gasteiger partial charge on any atom is -0.310 e. The highest BCUT2D eigenvalue weighted by Crippen LogP contribution is 2.53. The summed E-state index contributed by atoms with van der Waals surface area (Å²) in [6.45, 7) is 30.3. The zero-order chi connectivity index (χ0) is 80.9. The molecule has 0 bridgehead atoms. The number of hydrogen-bond acceptors (Lipinski definition) is 2. The number of anilines is 6. The molecule has 2 fully saturated rings. The molecule has 0 saturated heterocycles. The summed E-state index contributed by atoms with van der Waals surface area (Å²) in [5.41, 5.74) is 26.7. The molecule has 19 rings (SSSR count). The zero-order valence-corrected chi connectivity index (χ0v) is 75.0. The lowest BCUT2D eigenvalue weighted by Crippen LogP contribution is -2.45. The molecule has 8 heteroatoms. The molecule has 118 heavy (non-hydrogen) atoms. The van der Waals surface area contributed by atoms with Gasteiger partial charge in [-0.2, -0.15) is 0 Å². The van der Waals surface area contributed by atoms with Crippen LogP contribution in [0.1, 0.15) is 87.2 Å². The van der Waals surface area contributed by atoms with Crippen molar-refractivity contribution in [1.29, 1.82) is 0 Å². The van der Waals surface area contributed by atoms with Gasteiger partial charge in [0.2, 0.25) is 0 Å². The van der Waals surface area contributed by atoms with E-state index in [1.54, 1.807) is 0 Å². The van der Waals surface area contributed by atoms with Crippen LogP contribution in [0.25, 0.3) is 121 Å². The quantitative estimate of drug-likeness (QED) is 0.0629. The van der Waals surface area contributed by atoms with Gasteiger partial charge in [0.25, 0.3) is 0 Å².